The highest BCUT2D eigenvalue weighted by molar-refractivity contribution is 5.25. The summed E-state index contributed by atoms with van der Waals surface area (Å²) in [6.45, 7) is 4.88. The van der Waals surface area contributed by atoms with Gasteiger partial charge in [-0.15, -0.1) is 0 Å². The van der Waals surface area contributed by atoms with Crippen LogP contribution in [0.1, 0.15) is 24.3 Å². The average Bonchev–Trinajstić information content (AvgIpc) is 2.78. The fourth-order valence-electron chi connectivity index (χ4n) is 3.55. The largest absolute Gasteiger partial charge is 0.316 e. The van der Waals surface area contributed by atoms with E-state index >= 15 is 0 Å². The lowest BCUT2D eigenvalue weighted by atomic mass is 9.68. The third-order valence-electron chi connectivity index (χ3n) is 4.75. The second-order valence-corrected chi connectivity index (χ2v) is 5.76. The van der Waals surface area contributed by atoms with E-state index in [1.165, 1.54) is 38.0 Å². The second kappa shape index (κ2) is 4.43. The van der Waals surface area contributed by atoms with Crippen molar-refractivity contribution < 1.29 is 0 Å². The topological polar surface area (TPSA) is 15.3 Å². The molecule has 1 spiro atoms. The zero-order valence-electron chi connectivity index (χ0n) is 10.7. The van der Waals surface area contributed by atoms with E-state index in [0.717, 1.165) is 12.5 Å². The van der Waals surface area contributed by atoms with Gasteiger partial charge in [0, 0.05) is 19.0 Å². The molecule has 0 radical (unpaired) electrons. The Morgan fingerprint density at radius 1 is 1.18 bits per heavy atom. The Morgan fingerprint density at radius 3 is 2.59 bits per heavy atom. The molecule has 2 heterocycles. The van der Waals surface area contributed by atoms with E-state index in [1.807, 2.05) is 0 Å². The molecule has 2 heteroatoms. The maximum Gasteiger partial charge on any atom is 0.00330 e. The predicted molar refractivity (Wildman–Crippen MR) is 71.2 cm³/mol. The molecule has 1 atom stereocenters. The Morgan fingerprint density at radius 2 is 1.88 bits per heavy atom. The monoisotopic (exact) mass is 230 g/mol. The molecule has 1 aromatic carbocycles. The van der Waals surface area contributed by atoms with Crippen molar-refractivity contribution in [2.45, 2.75) is 18.8 Å². The normalized spacial score (nSPS) is 28.6. The Hall–Kier alpha value is -0.860. The quantitative estimate of drug-likeness (QED) is 0.794. The van der Waals surface area contributed by atoms with Crippen LogP contribution < -0.4 is 5.32 Å². The van der Waals surface area contributed by atoms with E-state index in [4.69, 9.17) is 0 Å². The van der Waals surface area contributed by atoms with Gasteiger partial charge in [0.2, 0.25) is 0 Å². The smallest absolute Gasteiger partial charge is 0.00330 e. The van der Waals surface area contributed by atoms with Crippen molar-refractivity contribution in [1.82, 2.24) is 10.2 Å². The molecular formula is C15H22N2. The fraction of sp³-hybridized carbons (Fsp3) is 0.600. The highest BCUT2D eigenvalue weighted by atomic mass is 15.1. The molecule has 2 nitrogen and oxygen atoms in total. The van der Waals surface area contributed by atoms with Crippen LogP contribution in [0.5, 0.6) is 0 Å². The first-order valence-electron chi connectivity index (χ1n) is 6.74. The van der Waals surface area contributed by atoms with Crippen molar-refractivity contribution >= 4 is 0 Å². The van der Waals surface area contributed by atoms with Crippen molar-refractivity contribution in [3.8, 4) is 0 Å². The maximum atomic E-state index is 3.63. The van der Waals surface area contributed by atoms with Gasteiger partial charge in [-0.1, -0.05) is 30.3 Å². The van der Waals surface area contributed by atoms with Gasteiger partial charge in [0.05, 0.1) is 0 Å². The number of nitrogens with one attached hydrogen (secondary N) is 1. The molecule has 2 fully saturated rings. The molecule has 0 aromatic heterocycles. The molecule has 17 heavy (non-hydrogen) atoms. The van der Waals surface area contributed by atoms with Crippen molar-refractivity contribution in [2.24, 2.45) is 5.41 Å². The zero-order chi connectivity index (χ0) is 11.7. The van der Waals surface area contributed by atoms with E-state index in [1.54, 1.807) is 0 Å². The lowest BCUT2D eigenvalue weighted by Gasteiger charge is -2.41. The van der Waals surface area contributed by atoms with Crippen LogP contribution in [0.4, 0.5) is 0 Å². The third kappa shape index (κ3) is 2.00. The first-order chi connectivity index (χ1) is 8.30. The molecule has 1 unspecified atom stereocenters. The zero-order valence-corrected chi connectivity index (χ0v) is 10.7. The Kier molecular flexibility index (Phi) is 2.93. The first kappa shape index (κ1) is 11.2. The van der Waals surface area contributed by atoms with Crippen molar-refractivity contribution in [2.75, 3.05) is 33.2 Å². The summed E-state index contributed by atoms with van der Waals surface area (Å²) in [5, 5.41) is 3.63. The minimum Gasteiger partial charge on any atom is -0.316 e. The minimum atomic E-state index is 0.522. The number of hydrogen-bond acceptors (Lipinski definition) is 2. The van der Waals surface area contributed by atoms with Crippen LogP contribution in [0.3, 0.4) is 0 Å². The molecule has 3 rings (SSSR count). The van der Waals surface area contributed by atoms with E-state index in [2.05, 4.69) is 47.6 Å². The minimum absolute atomic E-state index is 0.522. The van der Waals surface area contributed by atoms with Gasteiger partial charge in [0.25, 0.3) is 0 Å². The molecule has 0 saturated carbocycles. The lowest BCUT2D eigenvalue weighted by Crippen LogP contribution is -2.41. The van der Waals surface area contributed by atoms with Crippen LogP contribution >= 0.6 is 0 Å². The summed E-state index contributed by atoms with van der Waals surface area (Å²) in [6, 6.07) is 11.1. The van der Waals surface area contributed by atoms with E-state index in [9.17, 15) is 0 Å². The molecule has 92 valence electrons. The molecule has 2 aliphatic rings. The standard InChI is InChI=1S/C15H22N2/c1-17-9-7-15(8-10-17)12-16-11-14(15)13-5-3-2-4-6-13/h2-6,14,16H,7-12H2,1H3. The number of benzene rings is 1. The molecule has 0 bridgehead atoms. The first-order valence-corrected chi connectivity index (χ1v) is 6.74. The Balaban J connectivity index is 1.85. The van der Waals surface area contributed by atoms with Crippen LogP contribution in [0.25, 0.3) is 0 Å². The lowest BCUT2D eigenvalue weighted by molar-refractivity contribution is 0.124. The van der Waals surface area contributed by atoms with Crippen LogP contribution in [0, 0.1) is 5.41 Å². The van der Waals surface area contributed by atoms with E-state index in [0.29, 0.717) is 5.41 Å². The van der Waals surface area contributed by atoms with Crippen LogP contribution in [0.2, 0.25) is 0 Å². The van der Waals surface area contributed by atoms with Crippen LogP contribution in [-0.2, 0) is 0 Å². The summed E-state index contributed by atoms with van der Waals surface area (Å²) in [5.41, 5.74) is 2.05. The molecule has 2 aliphatic heterocycles. The number of rotatable bonds is 1. The van der Waals surface area contributed by atoms with Crippen molar-refractivity contribution in [3.05, 3.63) is 35.9 Å². The van der Waals surface area contributed by atoms with Gasteiger partial charge in [0.1, 0.15) is 0 Å². The van der Waals surface area contributed by atoms with Crippen LogP contribution in [0.15, 0.2) is 30.3 Å². The van der Waals surface area contributed by atoms with E-state index in [-0.39, 0.29) is 0 Å². The third-order valence-corrected chi connectivity index (χ3v) is 4.75. The Bertz CT molecular complexity index is 366. The van der Waals surface area contributed by atoms with Crippen LogP contribution in [-0.4, -0.2) is 38.1 Å². The summed E-state index contributed by atoms with van der Waals surface area (Å²) in [4.78, 5) is 2.46. The second-order valence-electron chi connectivity index (χ2n) is 5.76. The van der Waals surface area contributed by atoms with Gasteiger partial charge in [-0.25, -0.2) is 0 Å². The van der Waals surface area contributed by atoms with Gasteiger partial charge in [0.15, 0.2) is 0 Å². The molecule has 2 saturated heterocycles. The fourth-order valence-corrected chi connectivity index (χ4v) is 3.55. The molecule has 1 N–H and O–H groups in total. The number of hydrogen-bond donors (Lipinski definition) is 1. The molecule has 0 amide bonds. The summed E-state index contributed by atoms with van der Waals surface area (Å²) >= 11 is 0. The summed E-state index contributed by atoms with van der Waals surface area (Å²) in [6.07, 6.45) is 2.69. The highest BCUT2D eigenvalue weighted by Gasteiger charge is 2.44. The van der Waals surface area contributed by atoms with Gasteiger partial charge in [-0.05, 0) is 44.0 Å². The maximum absolute atomic E-state index is 3.63. The summed E-state index contributed by atoms with van der Waals surface area (Å²) in [7, 11) is 2.24. The van der Waals surface area contributed by atoms with Crippen molar-refractivity contribution in [1.29, 1.82) is 0 Å². The highest BCUT2D eigenvalue weighted by Crippen LogP contribution is 2.46. The molecule has 1 aromatic rings. The van der Waals surface area contributed by atoms with Gasteiger partial charge >= 0.3 is 0 Å². The molecular weight excluding hydrogens is 208 g/mol. The SMILES string of the molecule is CN1CCC2(CC1)CNCC2c1ccccc1. The van der Waals surface area contributed by atoms with Crippen molar-refractivity contribution in [3.63, 3.8) is 0 Å². The van der Waals surface area contributed by atoms with Gasteiger partial charge < -0.3 is 10.2 Å². The van der Waals surface area contributed by atoms with Gasteiger partial charge in [-0.2, -0.15) is 0 Å². The number of nitrogens with zero attached hydrogens (tertiary/aromatic N) is 1. The predicted octanol–water partition coefficient (Wildman–Crippen LogP) is 2.09. The number of likely N-dealkylation sites (tertiary alicyclic amines) is 1. The average molecular weight is 230 g/mol. The molecule has 0 aliphatic carbocycles. The summed E-state index contributed by atoms with van der Waals surface area (Å²) < 4.78 is 0. The van der Waals surface area contributed by atoms with E-state index < -0.39 is 0 Å². The Labute approximate surface area is 104 Å². The van der Waals surface area contributed by atoms with Gasteiger partial charge in [-0.3, -0.25) is 0 Å². The summed E-state index contributed by atoms with van der Waals surface area (Å²) in [5.74, 6) is 0.720. The number of piperidine rings is 1.